The summed E-state index contributed by atoms with van der Waals surface area (Å²) in [4.78, 5) is 12.1. The molecule has 0 aliphatic carbocycles. The Hall–Kier alpha value is -2.55. The quantitative estimate of drug-likeness (QED) is 0.762. The SMILES string of the molecule is O=c1c2ccccc2[nH]n1C/C=C\c1ccccc1. The first-order valence-electron chi connectivity index (χ1n) is 6.24. The molecule has 1 N–H and O–H groups in total. The van der Waals surface area contributed by atoms with Crippen LogP contribution in [-0.4, -0.2) is 9.78 Å². The topological polar surface area (TPSA) is 37.8 Å². The van der Waals surface area contributed by atoms with Gasteiger partial charge in [0.2, 0.25) is 0 Å². The lowest BCUT2D eigenvalue weighted by Gasteiger charge is -1.95. The molecule has 0 atom stereocenters. The Morgan fingerprint density at radius 1 is 1.00 bits per heavy atom. The van der Waals surface area contributed by atoms with Crippen LogP contribution in [0.5, 0.6) is 0 Å². The number of rotatable bonds is 3. The molecule has 3 aromatic rings. The van der Waals surface area contributed by atoms with Crippen molar-refractivity contribution in [3.63, 3.8) is 0 Å². The molecule has 3 heteroatoms. The molecule has 0 radical (unpaired) electrons. The van der Waals surface area contributed by atoms with Gasteiger partial charge in [-0.15, -0.1) is 0 Å². The second-order valence-electron chi connectivity index (χ2n) is 4.39. The largest absolute Gasteiger partial charge is 0.295 e. The predicted octanol–water partition coefficient (Wildman–Crippen LogP) is 3.04. The van der Waals surface area contributed by atoms with Crippen LogP contribution in [0, 0.1) is 0 Å². The molecule has 3 rings (SSSR count). The summed E-state index contributed by atoms with van der Waals surface area (Å²) in [5.74, 6) is 0. The zero-order valence-corrected chi connectivity index (χ0v) is 10.4. The highest BCUT2D eigenvalue weighted by Gasteiger charge is 2.03. The van der Waals surface area contributed by atoms with Gasteiger partial charge < -0.3 is 0 Å². The Bertz CT molecular complexity index is 766. The normalized spacial score (nSPS) is 11.4. The summed E-state index contributed by atoms with van der Waals surface area (Å²) in [7, 11) is 0. The number of allylic oxidation sites excluding steroid dienone is 1. The second kappa shape index (κ2) is 4.98. The van der Waals surface area contributed by atoms with Crippen molar-refractivity contribution in [2.45, 2.75) is 6.54 Å². The van der Waals surface area contributed by atoms with Gasteiger partial charge in [-0.05, 0) is 17.7 Å². The summed E-state index contributed by atoms with van der Waals surface area (Å²) in [6, 6.07) is 17.6. The third-order valence-electron chi connectivity index (χ3n) is 3.06. The summed E-state index contributed by atoms with van der Waals surface area (Å²) in [6.45, 7) is 0.544. The molecule has 0 aliphatic heterocycles. The van der Waals surface area contributed by atoms with Gasteiger partial charge in [0.1, 0.15) is 0 Å². The number of H-pyrrole nitrogens is 1. The number of aromatic amines is 1. The number of hydrogen-bond acceptors (Lipinski definition) is 1. The summed E-state index contributed by atoms with van der Waals surface area (Å²) < 4.78 is 1.62. The first kappa shape index (κ1) is 11.5. The van der Waals surface area contributed by atoms with Gasteiger partial charge in [-0.1, -0.05) is 54.6 Å². The van der Waals surface area contributed by atoms with Crippen molar-refractivity contribution in [2.75, 3.05) is 0 Å². The van der Waals surface area contributed by atoms with Gasteiger partial charge in [-0.25, -0.2) is 4.68 Å². The van der Waals surface area contributed by atoms with Crippen molar-refractivity contribution in [1.82, 2.24) is 9.78 Å². The van der Waals surface area contributed by atoms with E-state index >= 15 is 0 Å². The Morgan fingerprint density at radius 2 is 1.74 bits per heavy atom. The fourth-order valence-corrected chi connectivity index (χ4v) is 2.10. The molecule has 0 bridgehead atoms. The van der Waals surface area contributed by atoms with E-state index in [4.69, 9.17) is 0 Å². The van der Waals surface area contributed by atoms with E-state index in [-0.39, 0.29) is 5.56 Å². The van der Waals surface area contributed by atoms with E-state index in [9.17, 15) is 4.79 Å². The van der Waals surface area contributed by atoms with E-state index in [1.165, 1.54) is 0 Å². The Kier molecular flexibility index (Phi) is 3.02. The molecule has 0 unspecified atom stereocenters. The number of fused-ring (bicyclic) bond motifs is 1. The van der Waals surface area contributed by atoms with Crippen LogP contribution in [0.4, 0.5) is 0 Å². The first-order valence-corrected chi connectivity index (χ1v) is 6.24. The molecule has 3 nitrogen and oxygen atoms in total. The Labute approximate surface area is 110 Å². The van der Waals surface area contributed by atoms with Gasteiger partial charge in [0.25, 0.3) is 5.56 Å². The van der Waals surface area contributed by atoms with Crippen LogP contribution in [-0.2, 0) is 6.54 Å². The van der Waals surface area contributed by atoms with E-state index in [0.29, 0.717) is 6.54 Å². The maximum absolute atomic E-state index is 12.1. The monoisotopic (exact) mass is 250 g/mol. The number of aromatic nitrogens is 2. The van der Waals surface area contributed by atoms with Gasteiger partial charge in [-0.3, -0.25) is 9.89 Å². The third-order valence-corrected chi connectivity index (χ3v) is 3.06. The van der Waals surface area contributed by atoms with Crippen molar-refractivity contribution < 1.29 is 0 Å². The second-order valence-corrected chi connectivity index (χ2v) is 4.39. The van der Waals surface area contributed by atoms with Crippen LogP contribution < -0.4 is 5.56 Å². The molecule has 0 fully saturated rings. The Morgan fingerprint density at radius 3 is 2.53 bits per heavy atom. The van der Waals surface area contributed by atoms with Crippen LogP contribution in [0.1, 0.15) is 5.56 Å². The molecule has 19 heavy (non-hydrogen) atoms. The summed E-state index contributed by atoms with van der Waals surface area (Å²) in [5, 5.41) is 3.84. The lowest BCUT2D eigenvalue weighted by atomic mass is 10.2. The number of nitrogens with one attached hydrogen (secondary N) is 1. The van der Waals surface area contributed by atoms with Crippen molar-refractivity contribution >= 4 is 17.0 Å². The predicted molar refractivity (Wildman–Crippen MR) is 78.0 cm³/mol. The van der Waals surface area contributed by atoms with Crippen molar-refractivity contribution in [1.29, 1.82) is 0 Å². The zero-order chi connectivity index (χ0) is 13.1. The molecular weight excluding hydrogens is 236 g/mol. The molecular formula is C16H14N2O. The highest BCUT2D eigenvalue weighted by Crippen LogP contribution is 2.06. The number of hydrogen-bond donors (Lipinski definition) is 1. The highest BCUT2D eigenvalue weighted by atomic mass is 16.1. The van der Waals surface area contributed by atoms with E-state index in [1.807, 2.05) is 66.7 Å². The van der Waals surface area contributed by atoms with Crippen LogP contribution >= 0.6 is 0 Å². The number of benzene rings is 2. The van der Waals surface area contributed by atoms with E-state index in [2.05, 4.69) is 5.10 Å². The molecule has 0 spiro atoms. The minimum atomic E-state index is 0.0216. The molecule has 2 aromatic carbocycles. The van der Waals surface area contributed by atoms with Crippen LogP contribution in [0.2, 0.25) is 0 Å². The van der Waals surface area contributed by atoms with Gasteiger partial charge >= 0.3 is 0 Å². The fraction of sp³-hybridized carbons (Fsp3) is 0.0625. The first-order chi connectivity index (χ1) is 9.34. The molecule has 94 valence electrons. The van der Waals surface area contributed by atoms with E-state index in [1.54, 1.807) is 4.68 Å². The maximum atomic E-state index is 12.1. The minimum absolute atomic E-state index is 0.0216. The smallest absolute Gasteiger partial charge is 0.274 e. The van der Waals surface area contributed by atoms with E-state index < -0.39 is 0 Å². The molecule has 0 saturated heterocycles. The summed E-state index contributed by atoms with van der Waals surface area (Å²) >= 11 is 0. The zero-order valence-electron chi connectivity index (χ0n) is 10.4. The van der Waals surface area contributed by atoms with Gasteiger partial charge in [-0.2, -0.15) is 0 Å². The third kappa shape index (κ3) is 2.36. The molecule has 0 saturated carbocycles. The average molecular weight is 250 g/mol. The van der Waals surface area contributed by atoms with Crippen molar-refractivity contribution in [3.8, 4) is 0 Å². The van der Waals surface area contributed by atoms with Crippen molar-refractivity contribution in [2.24, 2.45) is 0 Å². The van der Waals surface area contributed by atoms with Crippen LogP contribution in [0.3, 0.4) is 0 Å². The average Bonchev–Trinajstić information content (AvgIpc) is 2.78. The van der Waals surface area contributed by atoms with Crippen LogP contribution in [0.25, 0.3) is 17.0 Å². The van der Waals surface area contributed by atoms with Gasteiger partial charge in [0.15, 0.2) is 0 Å². The fourth-order valence-electron chi connectivity index (χ4n) is 2.10. The standard InChI is InChI=1S/C16H14N2O/c19-16-14-10-4-5-11-15(14)17-18(16)12-6-9-13-7-2-1-3-8-13/h1-11,17H,12H2/b9-6-. The molecule has 1 heterocycles. The molecule has 1 aromatic heterocycles. The van der Waals surface area contributed by atoms with E-state index in [0.717, 1.165) is 16.5 Å². The Balaban J connectivity index is 1.85. The van der Waals surface area contributed by atoms with Gasteiger partial charge in [0, 0.05) is 0 Å². The summed E-state index contributed by atoms with van der Waals surface area (Å²) in [5.41, 5.74) is 2.03. The van der Waals surface area contributed by atoms with Gasteiger partial charge in [0.05, 0.1) is 17.4 Å². The minimum Gasteiger partial charge on any atom is -0.295 e. The molecule has 0 amide bonds. The lowest BCUT2D eigenvalue weighted by Crippen LogP contribution is -2.15. The summed E-state index contributed by atoms with van der Waals surface area (Å²) in [6.07, 6.45) is 3.99. The number of para-hydroxylation sites is 1. The maximum Gasteiger partial charge on any atom is 0.274 e. The van der Waals surface area contributed by atoms with Crippen LogP contribution in [0.15, 0.2) is 65.5 Å². The molecule has 0 aliphatic rings. The lowest BCUT2D eigenvalue weighted by molar-refractivity contribution is 0.688. The van der Waals surface area contributed by atoms with Crippen molar-refractivity contribution in [3.05, 3.63) is 76.6 Å². The highest BCUT2D eigenvalue weighted by molar-refractivity contribution is 5.77. The number of nitrogens with zero attached hydrogens (tertiary/aromatic N) is 1.